The fraction of sp³-hybridized carbons (Fsp3) is 0.588. The minimum atomic E-state index is -0.111. The molecule has 0 aliphatic carbocycles. The molecule has 1 aromatic rings. The highest BCUT2D eigenvalue weighted by Crippen LogP contribution is 2.18. The second-order valence-corrected chi connectivity index (χ2v) is 6.32. The predicted octanol–water partition coefficient (Wildman–Crippen LogP) is 1.24. The van der Waals surface area contributed by atoms with Crippen molar-refractivity contribution in [2.45, 2.75) is 32.2 Å². The highest BCUT2D eigenvalue weighted by atomic mass is 19.1. The lowest BCUT2D eigenvalue weighted by Gasteiger charge is -2.31. The summed E-state index contributed by atoms with van der Waals surface area (Å²) in [7, 11) is 0. The molecular formula is C17H24FN2O+. The summed E-state index contributed by atoms with van der Waals surface area (Å²) in [5.74, 6) is 0.449. The monoisotopic (exact) mass is 291 g/mol. The van der Waals surface area contributed by atoms with Gasteiger partial charge in [0.2, 0.25) is 5.91 Å². The van der Waals surface area contributed by atoms with Crippen molar-refractivity contribution in [2.75, 3.05) is 26.2 Å². The van der Waals surface area contributed by atoms with Crippen LogP contribution >= 0.6 is 0 Å². The van der Waals surface area contributed by atoms with E-state index in [1.165, 1.54) is 11.0 Å². The van der Waals surface area contributed by atoms with E-state index in [9.17, 15) is 9.18 Å². The van der Waals surface area contributed by atoms with Crippen LogP contribution in [0.15, 0.2) is 24.3 Å². The number of nitrogens with one attached hydrogen (secondary N) is 1. The van der Waals surface area contributed by atoms with Gasteiger partial charge in [0.05, 0.1) is 13.1 Å². The zero-order valence-electron chi connectivity index (χ0n) is 12.5. The van der Waals surface area contributed by atoms with Crippen LogP contribution in [0.3, 0.4) is 0 Å². The summed E-state index contributed by atoms with van der Waals surface area (Å²) in [6, 6.07) is 7.01. The van der Waals surface area contributed by atoms with E-state index < -0.39 is 0 Å². The minimum absolute atomic E-state index is 0.111. The molecule has 0 spiro atoms. The standard InChI is InChI=1S/C17H23FN2O/c18-16-6-2-1-5-15(16)13-19-11-7-14(8-12-19)17(21)20-9-3-4-10-20/h1-2,5-6,14H,3-4,7-13H2/p+1. The number of likely N-dealkylation sites (tertiary alicyclic amines) is 2. The van der Waals surface area contributed by atoms with Gasteiger partial charge in [-0.2, -0.15) is 0 Å². The zero-order chi connectivity index (χ0) is 14.7. The Balaban J connectivity index is 1.51. The number of carbonyl (C=O) groups is 1. The van der Waals surface area contributed by atoms with E-state index in [1.807, 2.05) is 17.0 Å². The van der Waals surface area contributed by atoms with Gasteiger partial charge in [-0.1, -0.05) is 18.2 Å². The van der Waals surface area contributed by atoms with Crippen LogP contribution in [0.1, 0.15) is 31.2 Å². The van der Waals surface area contributed by atoms with E-state index >= 15 is 0 Å². The third-order valence-electron chi connectivity index (χ3n) is 4.86. The Kier molecular flexibility index (Phi) is 4.54. The molecular weight excluding hydrogens is 267 g/mol. The summed E-state index contributed by atoms with van der Waals surface area (Å²) in [4.78, 5) is 15.8. The lowest BCUT2D eigenvalue weighted by molar-refractivity contribution is -0.919. The molecule has 2 aliphatic heterocycles. The molecule has 1 aromatic carbocycles. The number of amides is 1. The van der Waals surface area contributed by atoms with Crippen LogP contribution < -0.4 is 4.90 Å². The number of hydrogen-bond donors (Lipinski definition) is 1. The Morgan fingerprint density at radius 1 is 1.19 bits per heavy atom. The number of nitrogens with zero attached hydrogens (tertiary/aromatic N) is 1. The number of quaternary nitrogens is 1. The maximum Gasteiger partial charge on any atom is 0.226 e. The van der Waals surface area contributed by atoms with Gasteiger partial charge in [0.25, 0.3) is 0 Å². The molecule has 3 nitrogen and oxygen atoms in total. The van der Waals surface area contributed by atoms with Crippen molar-refractivity contribution in [1.82, 2.24) is 4.90 Å². The van der Waals surface area contributed by atoms with Crippen LogP contribution in [0.25, 0.3) is 0 Å². The molecule has 0 atom stereocenters. The molecule has 4 heteroatoms. The lowest BCUT2D eigenvalue weighted by atomic mass is 9.95. The van der Waals surface area contributed by atoms with Crippen LogP contribution in [0, 0.1) is 11.7 Å². The number of piperidine rings is 1. The largest absolute Gasteiger partial charge is 0.342 e. The normalized spacial score (nSPS) is 26.0. The molecule has 0 saturated carbocycles. The van der Waals surface area contributed by atoms with Crippen molar-refractivity contribution < 1.29 is 14.1 Å². The first-order chi connectivity index (χ1) is 10.2. The first-order valence-electron chi connectivity index (χ1n) is 8.10. The molecule has 2 saturated heterocycles. The number of carbonyl (C=O) groups excluding carboxylic acids is 1. The van der Waals surface area contributed by atoms with Gasteiger partial charge in [-0.15, -0.1) is 0 Å². The van der Waals surface area contributed by atoms with E-state index in [-0.39, 0.29) is 11.7 Å². The second-order valence-electron chi connectivity index (χ2n) is 6.32. The zero-order valence-corrected chi connectivity index (χ0v) is 12.5. The molecule has 0 unspecified atom stereocenters. The van der Waals surface area contributed by atoms with Crippen LogP contribution in [-0.4, -0.2) is 37.0 Å². The number of benzene rings is 1. The highest BCUT2D eigenvalue weighted by molar-refractivity contribution is 5.79. The third kappa shape index (κ3) is 3.43. The molecule has 2 heterocycles. The summed E-state index contributed by atoms with van der Waals surface area (Å²) >= 11 is 0. The van der Waals surface area contributed by atoms with Crippen molar-refractivity contribution in [3.8, 4) is 0 Å². The summed E-state index contributed by atoms with van der Waals surface area (Å²) in [6.07, 6.45) is 4.20. The molecule has 0 aromatic heterocycles. The first kappa shape index (κ1) is 14.5. The summed E-state index contributed by atoms with van der Waals surface area (Å²) in [6.45, 7) is 4.57. The first-order valence-corrected chi connectivity index (χ1v) is 8.10. The Morgan fingerprint density at radius 3 is 2.52 bits per heavy atom. The predicted molar refractivity (Wildman–Crippen MR) is 79.3 cm³/mol. The maximum atomic E-state index is 13.7. The van der Waals surface area contributed by atoms with E-state index in [0.29, 0.717) is 5.91 Å². The van der Waals surface area contributed by atoms with E-state index in [1.54, 1.807) is 6.07 Å². The Labute approximate surface area is 125 Å². The summed E-state index contributed by atoms with van der Waals surface area (Å²) in [5, 5.41) is 0. The van der Waals surface area contributed by atoms with Crippen LogP contribution in [0.4, 0.5) is 4.39 Å². The number of halogens is 1. The van der Waals surface area contributed by atoms with Gasteiger partial charge in [0, 0.05) is 37.4 Å². The van der Waals surface area contributed by atoms with Crippen molar-refractivity contribution in [2.24, 2.45) is 5.92 Å². The smallest absolute Gasteiger partial charge is 0.226 e. The summed E-state index contributed by atoms with van der Waals surface area (Å²) < 4.78 is 13.7. The average molecular weight is 291 g/mol. The lowest BCUT2D eigenvalue weighted by Crippen LogP contribution is -3.11. The molecule has 1 N–H and O–H groups in total. The fourth-order valence-electron chi connectivity index (χ4n) is 3.56. The van der Waals surface area contributed by atoms with Crippen molar-refractivity contribution in [3.05, 3.63) is 35.6 Å². The number of rotatable bonds is 3. The Hall–Kier alpha value is -1.42. The second kappa shape index (κ2) is 6.56. The van der Waals surface area contributed by atoms with Crippen LogP contribution in [0.2, 0.25) is 0 Å². The molecule has 3 rings (SSSR count). The summed E-state index contributed by atoms with van der Waals surface area (Å²) in [5.41, 5.74) is 0.789. The van der Waals surface area contributed by atoms with Crippen LogP contribution in [0.5, 0.6) is 0 Å². The van der Waals surface area contributed by atoms with Gasteiger partial charge < -0.3 is 9.80 Å². The van der Waals surface area contributed by atoms with E-state index in [2.05, 4.69) is 0 Å². The topological polar surface area (TPSA) is 24.8 Å². The van der Waals surface area contributed by atoms with Gasteiger partial charge in [-0.05, 0) is 18.9 Å². The molecule has 114 valence electrons. The molecule has 0 radical (unpaired) electrons. The molecule has 2 aliphatic rings. The van der Waals surface area contributed by atoms with Gasteiger partial charge >= 0.3 is 0 Å². The van der Waals surface area contributed by atoms with E-state index in [4.69, 9.17) is 0 Å². The SMILES string of the molecule is O=C(C1CC[NH+](Cc2ccccc2F)CC1)N1CCCC1. The average Bonchev–Trinajstić information content (AvgIpc) is 3.04. The molecule has 0 bridgehead atoms. The third-order valence-corrected chi connectivity index (χ3v) is 4.86. The van der Waals surface area contributed by atoms with Crippen LogP contribution in [-0.2, 0) is 11.3 Å². The van der Waals surface area contributed by atoms with Crippen molar-refractivity contribution in [1.29, 1.82) is 0 Å². The molecule has 2 fully saturated rings. The van der Waals surface area contributed by atoms with E-state index in [0.717, 1.165) is 64.0 Å². The van der Waals surface area contributed by atoms with Crippen molar-refractivity contribution >= 4 is 5.91 Å². The van der Waals surface area contributed by atoms with Gasteiger partial charge in [-0.25, -0.2) is 4.39 Å². The highest BCUT2D eigenvalue weighted by Gasteiger charge is 2.31. The Bertz CT molecular complexity index is 491. The minimum Gasteiger partial charge on any atom is -0.342 e. The quantitative estimate of drug-likeness (QED) is 0.890. The number of hydrogen-bond acceptors (Lipinski definition) is 1. The maximum absolute atomic E-state index is 13.7. The molecule has 21 heavy (non-hydrogen) atoms. The van der Waals surface area contributed by atoms with Crippen molar-refractivity contribution in [3.63, 3.8) is 0 Å². The van der Waals surface area contributed by atoms with Gasteiger partial charge in [0.1, 0.15) is 12.4 Å². The molecule has 1 amide bonds. The fourth-order valence-corrected chi connectivity index (χ4v) is 3.56. The van der Waals surface area contributed by atoms with Gasteiger partial charge in [0.15, 0.2) is 0 Å². The Morgan fingerprint density at radius 2 is 1.86 bits per heavy atom. The van der Waals surface area contributed by atoms with Gasteiger partial charge in [-0.3, -0.25) is 4.79 Å².